The fraction of sp³-hybridized carbons (Fsp3) is 0.132. The first-order valence-corrected chi connectivity index (χ1v) is 15.4. The second kappa shape index (κ2) is 13.1. The van der Waals surface area contributed by atoms with Gasteiger partial charge in [-0.25, -0.2) is 5.43 Å². The summed E-state index contributed by atoms with van der Waals surface area (Å²) in [6.45, 7) is 2.56. The van der Waals surface area contributed by atoms with E-state index < -0.39 is 0 Å². The lowest BCUT2D eigenvalue weighted by Gasteiger charge is -2.27. The number of nitrogens with one attached hydrogen (secondary N) is 1. The van der Waals surface area contributed by atoms with Crippen molar-refractivity contribution >= 4 is 28.9 Å². The number of benzene rings is 4. The molecular weight excluding hydrogens is 574 g/mol. The van der Waals surface area contributed by atoms with Gasteiger partial charge in [0, 0.05) is 47.0 Å². The normalized spacial score (nSPS) is 13.3. The van der Waals surface area contributed by atoms with Crippen LogP contribution in [0.1, 0.15) is 15.9 Å². The molecular formula is C38H33N5O3. The van der Waals surface area contributed by atoms with E-state index >= 15 is 0 Å². The Morgan fingerprint density at radius 3 is 2.00 bits per heavy atom. The number of para-hydroxylation sites is 1. The van der Waals surface area contributed by atoms with Crippen molar-refractivity contribution < 1.29 is 14.3 Å². The van der Waals surface area contributed by atoms with Gasteiger partial charge in [0.15, 0.2) is 0 Å². The molecule has 8 heteroatoms. The molecule has 3 heterocycles. The number of hydrogen-bond donors (Lipinski definition) is 1. The molecule has 1 saturated heterocycles. The summed E-state index contributed by atoms with van der Waals surface area (Å²) in [6, 6.07) is 40.2. The first-order chi connectivity index (χ1) is 22.7. The molecule has 0 spiro atoms. The largest absolute Gasteiger partial charge is 0.378 e. The highest BCUT2D eigenvalue weighted by atomic mass is 16.5. The number of aromatic nitrogens is 2. The van der Waals surface area contributed by atoms with E-state index in [0.717, 1.165) is 44.7 Å². The molecule has 7 rings (SSSR count). The number of nitrogens with zero attached hydrogens (tertiary/aromatic N) is 4. The van der Waals surface area contributed by atoms with Crippen LogP contribution in [0.4, 0.5) is 0 Å². The summed E-state index contributed by atoms with van der Waals surface area (Å²) in [5.74, 6) is -0.260. The Labute approximate surface area is 267 Å². The SMILES string of the molecule is O=C(N/N=C\c1cn(CC(=O)N2CCOCC2)c2ccccc12)c1ccc(-n2c(-c3ccccc3)ccc2-c2ccccc2)cc1. The van der Waals surface area contributed by atoms with Gasteiger partial charge in [-0.15, -0.1) is 0 Å². The zero-order valence-electron chi connectivity index (χ0n) is 25.3. The van der Waals surface area contributed by atoms with E-state index in [-0.39, 0.29) is 18.4 Å². The van der Waals surface area contributed by atoms with Gasteiger partial charge < -0.3 is 18.8 Å². The van der Waals surface area contributed by atoms with Crippen LogP contribution in [0, 0.1) is 0 Å². The van der Waals surface area contributed by atoms with E-state index in [1.165, 1.54) is 0 Å². The minimum absolute atomic E-state index is 0.0518. The van der Waals surface area contributed by atoms with Gasteiger partial charge in [0.2, 0.25) is 5.91 Å². The van der Waals surface area contributed by atoms with E-state index in [1.807, 2.05) is 101 Å². The fourth-order valence-electron chi connectivity index (χ4n) is 5.94. The molecule has 1 aliphatic heterocycles. The Balaban J connectivity index is 1.10. The Bertz CT molecular complexity index is 1950. The van der Waals surface area contributed by atoms with Crippen molar-refractivity contribution in [1.29, 1.82) is 0 Å². The lowest BCUT2D eigenvalue weighted by atomic mass is 10.1. The van der Waals surface area contributed by atoms with Gasteiger partial charge >= 0.3 is 0 Å². The minimum Gasteiger partial charge on any atom is -0.378 e. The van der Waals surface area contributed by atoms with Gasteiger partial charge in [0.25, 0.3) is 5.91 Å². The third kappa shape index (κ3) is 5.98. The quantitative estimate of drug-likeness (QED) is 0.161. The highest BCUT2D eigenvalue weighted by Crippen LogP contribution is 2.32. The molecule has 0 atom stereocenters. The molecule has 8 nitrogen and oxygen atoms in total. The molecule has 46 heavy (non-hydrogen) atoms. The maximum Gasteiger partial charge on any atom is 0.271 e. The van der Waals surface area contributed by atoms with Crippen LogP contribution in [-0.4, -0.2) is 58.4 Å². The van der Waals surface area contributed by atoms with Gasteiger partial charge in [-0.3, -0.25) is 9.59 Å². The van der Waals surface area contributed by atoms with Crippen LogP contribution in [0.3, 0.4) is 0 Å². The smallest absolute Gasteiger partial charge is 0.271 e. The number of fused-ring (bicyclic) bond motifs is 1. The van der Waals surface area contributed by atoms with E-state index in [2.05, 4.69) is 51.5 Å². The van der Waals surface area contributed by atoms with Crippen molar-refractivity contribution in [3.63, 3.8) is 0 Å². The van der Waals surface area contributed by atoms with Crippen LogP contribution in [0.5, 0.6) is 0 Å². The molecule has 1 fully saturated rings. The minimum atomic E-state index is -0.312. The van der Waals surface area contributed by atoms with Gasteiger partial charge in [-0.1, -0.05) is 78.9 Å². The molecule has 4 aromatic carbocycles. The number of carbonyl (C=O) groups is 2. The Hall–Kier alpha value is -5.73. The zero-order valence-corrected chi connectivity index (χ0v) is 25.3. The van der Waals surface area contributed by atoms with Crippen molar-refractivity contribution in [2.75, 3.05) is 26.3 Å². The number of hydrogen-bond acceptors (Lipinski definition) is 4. The zero-order chi connectivity index (χ0) is 31.3. The first kappa shape index (κ1) is 29.0. The average molecular weight is 608 g/mol. The summed E-state index contributed by atoms with van der Waals surface area (Å²) in [6.07, 6.45) is 3.53. The Kier molecular flexibility index (Phi) is 8.26. The van der Waals surface area contributed by atoms with E-state index in [4.69, 9.17) is 4.74 Å². The molecule has 2 aromatic heterocycles. The van der Waals surface area contributed by atoms with Crippen LogP contribution < -0.4 is 5.43 Å². The highest BCUT2D eigenvalue weighted by molar-refractivity contribution is 6.01. The summed E-state index contributed by atoms with van der Waals surface area (Å²) < 4.78 is 9.53. The predicted octanol–water partition coefficient (Wildman–Crippen LogP) is 6.39. The van der Waals surface area contributed by atoms with Crippen LogP contribution >= 0.6 is 0 Å². The third-order valence-corrected chi connectivity index (χ3v) is 8.27. The average Bonchev–Trinajstić information content (AvgIpc) is 3.72. The standard InChI is InChI=1S/C38H33N5O3/c44-37(41-21-23-46-24-22-41)27-42-26-31(33-13-7-8-14-36(33)42)25-39-40-38(45)30-15-17-32(18-16-30)43-34(28-9-3-1-4-10-28)19-20-35(43)29-11-5-2-6-12-29/h1-20,25-26H,21-24,27H2,(H,40,45)/b39-25-. The maximum atomic E-state index is 13.1. The van der Waals surface area contributed by atoms with Crippen LogP contribution in [0.15, 0.2) is 133 Å². The second-order valence-electron chi connectivity index (χ2n) is 11.1. The number of morpholine rings is 1. The maximum absolute atomic E-state index is 13.1. The summed E-state index contributed by atoms with van der Waals surface area (Å²) >= 11 is 0. The third-order valence-electron chi connectivity index (χ3n) is 8.27. The van der Waals surface area contributed by atoms with Crippen LogP contribution in [0.2, 0.25) is 0 Å². The Morgan fingerprint density at radius 2 is 1.35 bits per heavy atom. The van der Waals surface area contributed by atoms with E-state index in [1.54, 1.807) is 6.21 Å². The van der Waals surface area contributed by atoms with Crippen molar-refractivity contribution in [3.05, 3.63) is 139 Å². The van der Waals surface area contributed by atoms with Crippen molar-refractivity contribution in [2.45, 2.75) is 6.54 Å². The van der Waals surface area contributed by atoms with Gasteiger partial charge in [0.1, 0.15) is 6.54 Å². The summed E-state index contributed by atoms with van der Waals surface area (Å²) in [5.41, 5.74) is 10.2. The van der Waals surface area contributed by atoms with Crippen LogP contribution in [0.25, 0.3) is 39.1 Å². The number of rotatable bonds is 8. The molecule has 0 unspecified atom stereocenters. The number of carbonyl (C=O) groups excluding carboxylic acids is 2. The fourth-order valence-corrected chi connectivity index (χ4v) is 5.94. The second-order valence-corrected chi connectivity index (χ2v) is 11.1. The van der Waals surface area contributed by atoms with Crippen molar-refractivity contribution in [3.8, 4) is 28.2 Å². The van der Waals surface area contributed by atoms with E-state index in [9.17, 15) is 9.59 Å². The summed E-state index contributed by atoms with van der Waals surface area (Å²) in [5, 5.41) is 5.23. The van der Waals surface area contributed by atoms with Gasteiger partial charge in [-0.2, -0.15) is 5.10 Å². The highest BCUT2D eigenvalue weighted by Gasteiger charge is 2.19. The van der Waals surface area contributed by atoms with Crippen LogP contribution in [-0.2, 0) is 16.1 Å². The molecule has 1 aliphatic rings. The molecule has 1 N–H and O–H groups in total. The number of ether oxygens (including phenoxy) is 1. The van der Waals surface area contributed by atoms with E-state index in [0.29, 0.717) is 31.9 Å². The number of amides is 2. The summed E-state index contributed by atoms with van der Waals surface area (Å²) in [7, 11) is 0. The molecule has 0 bridgehead atoms. The first-order valence-electron chi connectivity index (χ1n) is 15.4. The van der Waals surface area contributed by atoms with Gasteiger partial charge in [0.05, 0.1) is 30.8 Å². The molecule has 0 aliphatic carbocycles. The molecule has 0 radical (unpaired) electrons. The predicted molar refractivity (Wildman–Crippen MR) is 181 cm³/mol. The number of hydrazone groups is 1. The van der Waals surface area contributed by atoms with Crippen molar-refractivity contribution in [1.82, 2.24) is 19.5 Å². The lowest BCUT2D eigenvalue weighted by molar-refractivity contribution is -0.135. The molecule has 228 valence electrons. The van der Waals surface area contributed by atoms with Gasteiger partial charge in [-0.05, 0) is 53.6 Å². The molecule has 0 saturated carbocycles. The van der Waals surface area contributed by atoms with Crippen molar-refractivity contribution in [2.24, 2.45) is 5.10 Å². The topological polar surface area (TPSA) is 80.9 Å². The lowest BCUT2D eigenvalue weighted by Crippen LogP contribution is -2.42. The summed E-state index contributed by atoms with van der Waals surface area (Å²) in [4.78, 5) is 27.9. The molecule has 2 amide bonds. The monoisotopic (exact) mass is 607 g/mol. The molecule has 6 aromatic rings. The Morgan fingerprint density at radius 1 is 0.739 bits per heavy atom.